The lowest BCUT2D eigenvalue weighted by Crippen LogP contribution is -2.48. The second-order valence-corrected chi connectivity index (χ2v) is 7.73. The smallest absolute Gasteiger partial charge is 0.255 e. The molecule has 25 heavy (non-hydrogen) atoms. The van der Waals surface area contributed by atoms with Crippen LogP contribution in [-0.4, -0.2) is 42.0 Å². The van der Waals surface area contributed by atoms with Crippen LogP contribution in [0.2, 0.25) is 0 Å². The van der Waals surface area contributed by atoms with Crippen molar-refractivity contribution in [3.63, 3.8) is 0 Å². The van der Waals surface area contributed by atoms with Crippen LogP contribution in [0.5, 0.6) is 0 Å². The van der Waals surface area contributed by atoms with Crippen molar-refractivity contribution in [3.05, 3.63) is 58.3 Å². The summed E-state index contributed by atoms with van der Waals surface area (Å²) >= 11 is 4.93. The minimum Gasteiger partial charge on any atom is -0.345 e. The number of nitrogens with zero attached hydrogens (tertiary/aromatic N) is 3. The Bertz CT molecular complexity index is 937. The van der Waals surface area contributed by atoms with Gasteiger partial charge < -0.3 is 9.80 Å². The maximum Gasteiger partial charge on any atom is 0.255 e. The molecule has 1 aliphatic rings. The van der Waals surface area contributed by atoms with Crippen molar-refractivity contribution in [1.82, 2.24) is 9.88 Å². The van der Waals surface area contributed by atoms with Gasteiger partial charge in [-0.05, 0) is 46.3 Å². The van der Waals surface area contributed by atoms with E-state index >= 15 is 0 Å². The van der Waals surface area contributed by atoms with Gasteiger partial charge in [0.15, 0.2) is 5.13 Å². The van der Waals surface area contributed by atoms with Crippen LogP contribution >= 0.6 is 27.3 Å². The maximum atomic E-state index is 13.3. The van der Waals surface area contributed by atoms with E-state index in [1.54, 1.807) is 6.07 Å². The molecular weight excluding hydrogens is 405 g/mol. The summed E-state index contributed by atoms with van der Waals surface area (Å²) in [5, 5.41) is 0.883. The molecule has 2 heterocycles. The molecule has 0 spiro atoms. The zero-order chi connectivity index (χ0) is 17.4. The van der Waals surface area contributed by atoms with Crippen LogP contribution in [0, 0.1) is 5.82 Å². The quantitative estimate of drug-likeness (QED) is 0.625. The summed E-state index contributed by atoms with van der Waals surface area (Å²) in [6, 6.07) is 12.1. The number of thiazole rings is 1. The number of amides is 1. The average molecular weight is 420 g/mol. The van der Waals surface area contributed by atoms with E-state index in [1.165, 1.54) is 23.5 Å². The molecule has 1 aliphatic heterocycles. The van der Waals surface area contributed by atoms with Gasteiger partial charge in [0.2, 0.25) is 0 Å². The first-order chi connectivity index (χ1) is 12.1. The summed E-state index contributed by atoms with van der Waals surface area (Å²) in [6.07, 6.45) is 0. The van der Waals surface area contributed by atoms with Crippen molar-refractivity contribution in [2.75, 3.05) is 31.1 Å². The van der Waals surface area contributed by atoms with E-state index in [0.29, 0.717) is 18.7 Å². The summed E-state index contributed by atoms with van der Waals surface area (Å²) in [5.41, 5.74) is 1.50. The van der Waals surface area contributed by atoms with Gasteiger partial charge in [-0.3, -0.25) is 4.79 Å². The number of benzene rings is 2. The third-order valence-corrected chi connectivity index (χ3v) is 6.05. The Balaban J connectivity index is 1.47. The SMILES string of the molecule is O=C(c1ccccc1Br)N1CCN(c2nc3ccc(F)cc3s2)CC1. The number of piperazine rings is 1. The molecule has 0 bridgehead atoms. The molecule has 0 aliphatic carbocycles. The molecule has 3 aromatic rings. The highest BCUT2D eigenvalue weighted by molar-refractivity contribution is 9.10. The number of hydrogen-bond acceptors (Lipinski definition) is 4. The summed E-state index contributed by atoms with van der Waals surface area (Å²) in [6.45, 7) is 2.73. The lowest BCUT2D eigenvalue weighted by molar-refractivity contribution is 0.0746. The van der Waals surface area contributed by atoms with Crippen LogP contribution in [0.25, 0.3) is 10.2 Å². The molecule has 1 saturated heterocycles. The van der Waals surface area contributed by atoms with Gasteiger partial charge in [-0.2, -0.15) is 0 Å². The Labute approximate surface area is 157 Å². The van der Waals surface area contributed by atoms with E-state index < -0.39 is 0 Å². The molecule has 128 valence electrons. The van der Waals surface area contributed by atoms with E-state index in [9.17, 15) is 9.18 Å². The van der Waals surface area contributed by atoms with E-state index in [0.717, 1.165) is 32.9 Å². The van der Waals surface area contributed by atoms with Crippen LogP contribution in [-0.2, 0) is 0 Å². The Morgan fingerprint density at radius 1 is 1.12 bits per heavy atom. The Kier molecular flexibility index (Phi) is 4.43. The highest BCUT2D eigenvalue weighted by Crippen LogP contribution is 2.30. The molecule has 2 aromatic carbocycles. The molecule has 0 N–H and O–H groups in total. The van der Waals surface area contributed by atoms with E-state index in [4.69, 9.17) is 0 Å². The fourth-order valence-corrected chi connectivity index (χ4v) is 4.42. The first-order valence-corrected chi connectivity index (χ1v) is 9.57. The normalized spacial score (nSPS) is 15.0. The standard InChI is InChI=1S/C18H15BrFN3OS/c19-14-4-2-1-3-13(14)17(24)22-7-9-23(10-8-22)18-21-15-6-5-12(20)11-16(15)25-18/h1-6,11H,7-10H2. The molecule has 4 nitrogen and oxygen atoms in total. The van der Waals surface area contributed by atoms with E-state index in [1.807, 2.05) is 29.2 Å². The fraction of sp³-hybridized carbons (Fsp3) is 0.222. The minimum atomic E-state index is -0.244. The third kappa shape index (κ3) is 3.26. The molecule has 0 unspecified atom stereocenters. The van der Waals surface area contributed by atoms with E-state index in [2.05, 4.69) is 25.8 Å². The molecule has 4 rings (SSSR count). The van der Waals surface area contributed by atoms with Crippen LogP contribution in [0.4, 0.5) is 9.52 Å². The number of anilines is 1. The first-order valence-electron chi connectivity index (χ1n) is 7.97. The predicted octanol–water partition coefficient (Wildman–Crippen LogP) is 4.16. The lowest BCUT2D eigenvalue weighted by atomic mass is 10.2. The van der Waals surface area contributed by atoms with Crippen LogP contribution in [0.3, 0.4) is 0 Å². The summed E-state index contributed by atoms with van der Waals surface area (Å²) in [4.78, 5) is 21.3. The molecule has 0 atom stereocenters. The molecule has 1 aromatic heterocycles. The number of aromatic nitrogens is 1. The highest BCUT2D eigenvalue weighted by Gasteiger charge is 2.24. The fourth-order valence-electron chi connectivity index (χ4n) is 2.93. The first kappa shape index (κ1) is 16.5. The second-order valence-electron chi connectivity index (χ2n) is 5.87. The third-order valence-electron chi connectivity index (χ3n) is 4.28. The van der Waals surface area contributed by atoms with Gasteiger partial charge in [-0.1, -0.05) is 23.5 Å². The lowest BCUT2D eigenvalue weighted by Gasteiger charge is -2.34. The molecule has 1 amide bonds. The monoisotopic (exact) mass is 419 g/mol. The molecule has 0 saturated carbocycles. The van der Waals surface area contributed by atoms with Gasteiger partial charge >= 0.3 is 0 Å². The Hall–Kier alpha value is -1.99. The molecular formula is C18H15BrFN3OS. The van der Waals surface area contributed by atoms with Gasteiger partial charge in [0, 0.05) is 30.7 Å². The van der Waals surface area contributed by atoms with Crippen molar-refractivity contribution in [2.24, 2.45) is 0 Å². The second kappa shape index (κ2) is 6.72. The number of fused-ring (bicyclic) bond motifs is 1. The maximum absolute atomic E-state index is 13.3. The highest BCUT2D eigenvalue weighted by atomic mass is 79.9. The number of halogens is 2. The van der Waals surface area contributed by atoms with Crippen molar-refractivity contribution in [2.45, 2.75) is 0 Å². The van der Waals surface area contributed by atoms with Crippen molar-refractivity contribution < 1.29 is 9.18 Å². The predicted molar refractivity (Wildman–Crippen MR) is 102 cm³/mol. The van der Waals surface area contributed by atoms with Crippen molar-refractivity contribution >= 4 is 48.5 Å². The number of rotatable bonds is 2. The molecule has 7 heteroatoms. The van der Waals surface area contributed by atoms with Gasteiger partial charge in [0.25, 0.3) is 5.91 Å². The topological polar surface area (TPSA) is 36.4 Å². The molecule has 1 fully saturated rings. The van der Waals surface area contributed by atoms with Crippen LogP contribution in [0.1, 0.15) is 10.4 Å². The van der Waals surface area contributed by atoms with Gasteiger partial charge in [-0.25, -0.2) is 9.37 Å². The number of hydrogen-bond donors (Lipinski definition) is 0. The molecule has 0 radical (unpaired) electrons. The average Bonchev–Trinajstić information content (AvgIpc) is 3.05. The van der Waals surface area contributed by atoms with Crippen molar-refractivity contribution in [1.29, 1.82) is 0 Å². The number of carbonyl (C=O) groups excluding carboxylic acids is 1. The van der Waals surface area contributed by atoms with Crippen molar-refractivity contribution in [3.8, 4) is 0 Å². The van der Waals surface area contributed by atoms with Gasteiger partial charge in [0.05, 0.1) is 15.8 Å². The number of carbonyl (C=O) groups is 1. The largest absolute Gasteiger partial charge is 0.345 e. The zero-order valence-electron chi connectivity index (χ0n) is 13.3. The van der Waals surface area contributed by atoms with Gasteiger partial charge in [-0.15, -0.1) is 0 Å². The minimum absolute atomic E-state index is 0.0403. The summed E-state index contributed by atoms with van der Waals surface area (Å²) in [7, 11) is 0. The zero-order valence-corrected chi connectivity index (χ0v) is 15.7. The van der Waals surface area contributed by atoms with Crippen LogP contribution < -0.4 is 4.90 Å². The van der Waals surface area contributed by atoms with Crippen LogP contribution in [0.15, 0.2) is 46.9 Å². The summed E-state index contributed by atoms with van der Waals surface area (Å²) in [5.74, 6) is -0.204. The Morgan fingerprint density at radius 2 is 1.88 bits per heavy atom. The van der Waals surface area contributed by atoms with Gasteiger partial charge in [0.1, 0.15) is 5.82 Å². The van der Waals surface area contributed by atoms with E-state index in [-0.39, 0.29) is 11.7 Å². The summed E-state index contributed by atoms with van der Waals surface area (Å²) < 4.78 is 15.0. The Morgan fingerprint density at radius 3 is 2.64 bits per heavy atom.